The Labute approximate surface area is 131 Å². The van der Waals surface area contributed by atoms with Crippen LogP contribution in [-0.4, -0.2) is 30.4 Å². The lowest BCUT2D eigenvalue weighted by Gasteiger charge is -2.26. The minimum absolute atomic E-state index is 0.161. The molecular formula is C15H19F3N2O3. The number of carbonyl (C=O) groups excluding carboxylic acids is 1. The second-order valence-electron chi connectivity index (χ2n) is 5.54. The zero-order valence-corrected chi connectivity index (χ0v) is 12.4. The van der Waals surface area contributed by atoms with Crippen molar-refractivity contribution in [3.8, 4) is 5.75 Å². The van der Waals surface area contributed by atoms with Gasteiger partial charge in [0.05, 0.1) is 11.8 Å². The van der Waals surface area contributed by atoms with E-state index in [-0.39, 0.29) is 23.5 Å². The molecule has 1 aliphatic rings. The molecule has 0 saturated heterocycles. The van der Waals surface area contributed by atoms with Gasteiger partial charge < -0.3 is 20.5 Å². The van der Waals surface area contributed by atoms with Crippen LogP contribution in [0.15, 0.2) is 18.2 Å². The molecule has 1 aromatic rings. The highest BCUT2D eigenvalue weighted by Gasteiger charge is 2.21. The molecule has 0 aromatic heterocycles. The van der Waals surface area contributed by atoms with E-state index in [4.69, 9.17) is 0 Å². The van der Waals surface area contributed by atoms with Crippen LogP contribution in [0.1, 0.15) is 25.7 Å². The first kappa shape index (κ1) is 17.4. The van der Waals surface area contributed by atoms with E-state index in [1.54, 1.807) is 0 Å². The number of amides is 2. The van der Waals surface area contributed by atoms with E-state index in [0.29, 0.717) is 13.0 Å². The van der Waals surface area contributed by atoms with Gasteiger partial charge in [-0.3, -0.25) is 0 Å². The standard InChI is InChI=1S/C15H19F3N2O3/c16-10-4-5-13(23-14(17)18)12(7-10)20-15(22)19-8-9-2-1-3-11(21)6-9/h4-5,7,9,11,14,21H,1-3,6,8H2,(H2,19,20,22). The van der Waals surface area contributed by atoms with Crippen molar-refractivity contribution < 1.29 is 27.8 Å². The van der Waals surface area contributed by atoms with E-state index in [9.17, 15) is 23.1 Å². The van der Waals surface area contributed by atoms with Crippen LogP contribution in [0.25, 0.3) is 0 Å². The van der Waals surface area contributed by atoms with Crippen LogP contribution in [-0.2, 0) is 0 Å². The third-order valence-electron chi connectivity index (χ3n) is 3.71. The number of carbonyl (C=O) groups is 1. The lowest BCUT2D eigenvalue weighted by molar-refractivity contribution is -0.0494. The smallest absolute Gasteiger partial charge is 0.387 e. The average Bonchev–Trinajstić information content (AvgIpc) is 2.48. The number of nitrogens with one attached hydrogen (secondary N) is 2. The fraction of sp³-hybridized carbons (Fsp3) is 0.533. The second-order valence-corrected chi connectivity index (χ2v) is 5.54. The fourth-order valence-corrected chi connectivity index (χ4v) is 2.65. The van der Waals surface area contributed by atoms with E-state index in [1.807, 2.05) is 0 Å². The van der Waals surface area contributed by atoms with Crippen LogP contribution in [0.2, 0.25) is 0 Å². The van der Waals surface area contributed by atoms with Crippen LogP contribution in [0.3, 0.4) is 0 Å². The lowest BCUT2D eigenvalue weighted by atomic mass is 9.87. The molecule has 0 heterocycles. The van der Waals surface area contributed by atoms with Gasteiger partial charge in [0.2, 0.25) is 0 Å². The van der Waals surface area contributed by atoms with Gasteiger partial charge in [0, 0.05) is 12.6 Å². The molecule has 3 N–H and O–H groups in total. The molecule has 128 valence electrons. The van der Waals surface area contributed by atoms with Crippen molar-refractivity contribution in [2.75, 3.05) is 11.9 Å². The second kappa shape index (κ2) is 8.05. The molecule has 1 aliphatic carbocycles. The Hall–Kier alpha value is -1.96. The molecule has 23 heavy (non-hydrogen) atoms. The summed E-state index contributed by atoms with van der Waals surface area (Å²) in [5.41, 5.74) is -0.175. The molecular weight excluding hydrogens is 313 g/mol. The number of rotatable bonds is 5. The third kappa shape index (κ3) is 5.63. The largest absolute Gasteiger partial charge is 0.433 e. The minimum atomic E-state index is -3.08. The molecule has 1 saturated carbocycles. The molecule has 2 amide bonds. The van der Waals surface area contributed by atoms with Crippen LogP contribution >= 0.6 is 0 Å². The number of urea groups is 1. The molecule has 0 spiro atoms. The summed E-state index contributed by atoms with van der Waals surface area (Å²) < 4.78 is 42.0. The molecule has 0 aliphatic heterocycles. The topological polar surface area (TPSA) is 70.6 Å². The number of benzene rings is 1. The number of ether oxygens (including phenoxy) is 1. The fourth-order valence-electron chi connectivity index (χ4n) is 2.65. The predicted octanol–water partition coefficient (Wildman–Crippen LogP) is 3.10. The Morgan fingerprint density at radius 1 is 1.39 bits per heavy atom. The summed E-state index contributed by atoms with van der Waals surface area (Å²) >= 11 is 0. The zero-order chi connectivity index (χ0) is 16.8. The summed E-state index contributed by atoms with van der Waals surface area (Å²) in [5.74, 6) is -0.837. The van der Waals surface area contributed by atoms with Gasteiger partial charge in [0.15, 0.2) is 0 Å². The van der Waals surface area contributed by atoms with Crippen LogP contribution in [0.5, 0.6) is 5.75 Å². The van der Waals surface area contributed by atoms with E-state index in [1.165, 1.54) is 0 Å². The summed E-state index contributed by atoms with van der Waals surface area (Å²) in [5, 5.41) is 14.5. The summed E-state index contributed by atoms with van der Waals surface area (Å²) in [6.07, 6.45) is 2.82. The number of anilines is 1. The quantitative estimate of drug-likeness (QED) is 0.776. The van der Waals surface area contributed by atoms with Crippen molar-refractivity contribution in [3.63, 3.8) is 0 Å². The third-order valence-corrected chi connectivity index (χ3v) is 3.71. The molecule has 8 heteroatoms. The normalized spacial score (nSPS) is 21.1. The monoisotopic (exact) mass is 332 g/mol. The van der Waals surface area contributed by atoms with Crippen molar-refractivity contribution in [2.24, 2.45) is 5.92 Å². The number of alkyl halides is 2. The summed E-state index contributed by atoms with van der Waals surface area (Å²) in [6, 6.07) is 2.25. The number of aliphatic hydroxyl groups excluding tert-OH is 1. The molecule has 0 bridgehead atoms. The van der Waals surface area contributed by atoms with Gasteiger partial charge in [-0.25, -0.2) is 9.18 Å². The number of halogens is 3. The summed E-state index contributed by atoms with van der Waals surface area (Å²) in [4.78, 5) is 11.8. The number of aliphatic hydroxyl groups is 1. The molecule has 0 radical (unpaired) electrons. The van der Waals surface area contributed by atoms with Crippen molar-refractivity contribution in [1.29, 1.82) is 0 Å². The summed E-state index contributed by atoms with van der Waals surface area (Å²) in [7, 11) is 0. The maximum atomic E-state index is 13.2. The predicted molar refractivity (Wildman–Crippen MR) is 78.0 cm³/mol. The Kier molecular flexibility index (Phi) is 6.09. The van der Waals surface area contributed by atoms with Crippen molar-refractivity contribution in [1.82, 2.24) is 5.32 Å². The molecule has 2 unspecified atom stereocenters. The minimum Gasteiger partial charge on any atom is -0.433 e. The van der Waals surface area contributed by atoms with Gasteiger partial charge in [0.25, 0.3) is 0 Å². The molecule has 5 nitrogen and oxygen atoms in total. The van der Waals surface area contributed by atoms with E-state index >= 15 is 0 Å². The zero-order valence-electron chi connectivity index (χ0n) is 12.4. The highest BCUT2D eigenvalue weighted by molar-refractivity contribution is 5.90. The van der Waals surface area contributed by atoms with Gasteiger partial charge in [-0.1, -0.05) is 6.42 Å². The van der Waals surface area contributed by atoms with Gasteiger partial charge >= 0.3 is 12.6 Å². The highest BCUT2D eigenvalue weighted by Crippen LogP contribution is 2.27. The Balaban J connectivity index is 1.90. The van der Waals surface area contributed by atoms with Crippen LogP contribution < -0.4 is 15.4 Å². The van der Waals surface area contributed by atoms with Crippen LogP contribution in [0, 0.1) is 11.7 Å². The molecule has 1 aromatic carbocycles. The Morgan fingerprint density at radius 2 is 2.17 bits per heavy atom. The first-order valence-corrected chi connectivity index (χ1v) is 7.41. The summed E-state index contributed by atoms with van der Waals surface area (Å²) in [6.45, 7) is -2.73. The Morgan fingerprint density at radius 3 is 2.87 bits per heavy atom. The van der Waals surface area contributed by atoms with Gasteiger partial charge in [-0.15, -0.1) is 0 Å². The van der Waals surface area contributed by atoms with Gasteiger partial charge in [0.1, 0.15) is 11.6 Å². The van der Waals surface area contributed by atoms with E-state index in [0.717, 1.165) is 37.5 Å². The Bertz CT molecular complexity index is 543. The van der Waals surface area contributed by atoms with Crippen molar-refractivity contribution in [2.45, 2.75) is 38.4 Å². The van der Waals surface area contributed by atoms with E-state index in [2.05, 4.69) is 15.4 Å². The van der Waals surface area contributed by atoms with Crippen LogP contribution in [0.4, 0.5) is 23.7 Å². The average molecular weight is 332 g/mol. The lowest BCUT2D eigenvalue weighted by Crippen LogP contribution is -2.35. The first-order valence-electron chi connectivity index (χ1n) is 7.41. The van der Waals surface area contributed by atoms with Crippen molar-refractivity contribution >= 4 is 11.7 Å². The molecule has 2 rings (SSSR count). The number of hydrogen-bond acceptors (Lipinski definition) is 3. The SMILES string of the molecule is O=C(NCC1CCCC(O)C1)Nc1cc(F)ccc1OC(F)F. The molecule has 2 atom stereocenters. The van der Waals surface area contributed by atoms with E-state index < -0.39 is 18.5 Å². The molecule has 1 fully saturated rings. The number of hydrogen-bond donors (Lipinski definition) is 3. The van der Waals surface area contributed by atoms with Gasteiger partial charge in [-0.05, 0) is 37.3 Å². The van der Waals surface area contributed by atoms with Gasteiger partial charge in [-0.2, -0.15) is 8.78 Å². The van der Waals surface area contributed by atoms with Crippen molar-refractivity contribution in [3.05, 3.63) is 24.0 Å². The highest BCUT2D eigenvalue weighted by atomic mass is 19.3. The maximum Gasteiger partial charge on any atom is 0.387 e. The first-order chi connectivity index (χ1) is 10.9. The maximum absolute atomic E-state index is 13.2.